The van der Waals surface area contributed by atoms with Crippen LogP contribution in [0.1, 0.15) is 11.3 Å². The zero-order chi connectivity index (χ0) is 8.97. The first-order valence-electron chi connectivity index (χ1n) is 3.60. The molecule has 1 nitrogen and oxygen atoms in total. The van der Waals surface area contributed by atoms with Gasteiger partial charge in [0.25, 0.3) is 0 Å². The number of hydrogen-bond acceptors (Lipinski definition) is 2. The van der Waals surface area contributed by atoms with Gasteiger partial charge in [-0.3, -0.25) is 4.98 Å². The van der Waals surface area contributed by atoms with E-state index in [1.807, 2.05) is 18.4 Å². The van der Waals surface area contributed by atoms with Crippen LogP contribution in [0.2, 0.25) is 0 Å². The Morgan fingerprint density at radius 1 is 1.67 bits per heavy atom. The molecule has 0 spiro atoms. The first-order valence-corrected chi connectivity index (χ1v) is 4.82. The minimum atomic E-state index is 0.900. The third-order valence-electron chi connectivity index (χ3n) is 1.58. The lowest BCUT2D eigenvalue weighted by molar-refractivity contribution is 1.28. The van der Waals surface area contributed by atoms with Crippen LogP contribution in [0.5, 0.6) is 0 Å². The molecule has 0 amide bonds. The molecular formula is C10H11NS. The minimum absolute atomic E-state index is 0.900. The molecule has 1 aromatic heterocycles. The largest absolute Gasteiger partial charge is 0.256 e. The highest BCUT2D eigenvalue weighted by Gasteiger charge is 2.01. The van der Waals surface area contributed by atoms with Gasteiger partial charge in [-0.1, -0.05) is 19.2 Å². The molecule has 0 bridgehead atoms. The average Bonchev–Trinajstić information content (AvgIpc) is 2.16. The lowest BCUT2D eigenvalue weighted by Gasteiger charge is -2.04. The highest BCUT2D eigenvalue weighted by atomic mass is 32.2. The fraction of sp³-hybridized carbons (Fsp3) is 0.100. The molecule has 0 atom stereocenters. The van der Waals surface area contributed by atoms with Crippen LogP contribution < -0.4 is 0 Å². The van der Waals surface area contributed by atoms with E-state index in [4.69, 9.17) is 0 Å². The molecule has 2 heteroatoms. The van der Waals surface area contributed by atoms with Crippen molar-refractivity contribution in [3.05, 3.63) is 42.7 Å². The molecule has 0 saturated carbocycles. The fourth-order valence-corrected chi connectivity index (χ4v) is 1.32. The third-order valence-corrected chi connectivity index (χ3v) is 2.29. The summed E-state index contributed by atoms with van der Waals surface area (Å²) in [7, 11) is 0. The van der Waals surface area contributed by atoms with Crippen LogP contribution in [0.4, 0.5) is 0 Å². The van der Waals surface area contributed by atoms with E-state index in [9.17, 15) is 0 Å². The summed E-state index contributed by atoms with van der Waals surface area (Å²) >= 11 is 1.63. The first kappa shape index (κ1) is 9.07. The molecule has 0 radical (unpaired) electrons. The molecule has 0 fully saturated rings. The van der Waals surface area contributed by atoms with Crippen molar-refractivity contribution in [3.8, 4) is 0 Å². The van der Waals surface area contributed by atoms with Crippen LogP contribution in [0.15, 0.2) is 31.5 Å². The highest BCUT2D eigenvalue weighted by Crippen LogP contribution is 2.24. The van der Waals surface area contributed by atoms with Gasteiger partial charge in [-0.05, 0) is 18.4 Å². The summed E-state index contributed by atoms with van der Waals surface area (Å²) in [5.74, 6) is 0. The van der Waals surface area contributed by atoms with Crippen LogP contribution >= 0.6 is 11.8 Å². The van der Waals surface area contributed by atoms with Gasteiger partial charge in [-0.25, -0.2) is 0 Å². The Labute approximate surface area is 77.2 Å². The molecular weight excluding hydrogens is 166 g/mol. The molecule has 0 saturated heterocycles. The number of pyridine rings is 1. The Morgan fingerprint density at radius 2 is 2.42 bits per heavy atom. The Bertz CT molecular complexity index is 304. The Morgan fingerprint density at radius 3 is 3.00 bits per heavy atom. The Balaban J connectivity index is 3.13. The van der Waals surface area contributed by atoms with Crippen molar-refractivity contribution in [1.29, 1.82) is 0 Å². The van der Waals surface area contributed by atoms with E-state index < -0.39 is 0 Å². The van der Waals surface area contributed by atoms with E-state index in [1.54, 1.807) is 24.0 Å². The Kier molecular flexibility index (Phi) is 3.11. The van der Waals surface area contributed by atoms with Crippen molar-refractivity contribution < 1.29 is 0 Å². The van der Waals surface area contributed by atoms with E-state index in [0.717, 1.165) is 16.2 Å². The van der Waals surface area contributed by atoms with Crippen LogP contribution in [-0.4, -0.2) is 11.2 Å². The number of thioether (sulfide) groups is 1. The van der Waals surface area contributed by atoms with Crippen molar-refractivity contribution >= 4 is 22.7 Å². The number of nitrogens with zero attached hydrogens (tertiary/aromatic N) is 1. The zero-order valence-corrected chi connectivity index (χ0v) is 7.90. The summed E-state index contributed by atoms with van der Waals surface area (Å²) in [5, 5.41) is 0. The number of hydrogen-bond donors (Lipinski definition) is 0. The van der Waals surface area contributed by atoms with Gasteiger partial charge in [-0.2, -0.15) is 0 Å². The molecule has 0 aliphatic rings. The van der Waals surface area contributed by atoms with Crippen LogP contribution in [0, 0.1) is 0 Å². The third kappa shape index (κ3) is 1.77. The van der Waals surface area contributed by atoms with Gasteiger partial charge in [0, 0.05) is 16.7 Å². The monoisotopic (exact) mass is 177 g/mol. The molecule has 1 aromatic rings. The summed E-state index contributed by atoms with van der Waals surface area (Å²) in [6.07, 6.45) is 5.51. The fourth-order valence-electron chi connectivity index (χ4n) is 0.926. The highest BCUT2D eigenvalue weighted by molar-refractivity contribution is 8.07. The second kappa shape index (κ2) is 4.12. The maximum absolute atomic E-state index is 4.17. The SMILES string of the molecule is C=Cc1ncccc1C(=C)SC. The predicted molar refractivity (Wildman–Crippen MR) is 56.9 cm³/mol. The van der Waals surface area contributed by atoms with Gasteiger partial charge >= 0.3 is 0 Å². The summed E-state index contributed by atoms with van der Waals surface area (Å²) < 4.78 is 0. The predicted octanol–water partition coefficient (Wildman–Crippen LogP) is 3.06. The van der Waals surface area contributed by atoms with E-state index in [1.165, 1.54) is 0 Å². The molecule has 1 rings (SSSR count). The van der Waals surface area contributed by atoms with Gasteiger partial charge < -0.3 is 0 Å². The molecule has 0 aromatic carbocycles. The van der Waals surface area contributed by atoms with Crippen molar-refractivity contribution in [2.45, 2.75) is 0 Å². The molecule has 0 unspecified atom stereocenters. The summed E-state index contributed by atoms with van der Waals surface area (Å²) in [4.78, 5) is 5.20. The van der Waals surface area contributed by atoms with Crippen LogP contribution in [-0.2, 0) is 0 Å². The molecule has 62 valence electrons. The number of rotatable bonds is 3. The standard InChI is InChI=1S/C10H11NS/c1-4-10-9(8(2)12-3)6-5-7-11-10/h4-7H,1-2H2,3H3. The lowest BCUT2D eigenvalue weighted by Crippen LogP contribution is -1.87. The van der Waals surface area contributed by atoms with E-state index in [-0.39, 0.29) is 0 Å². The van der Waals surface area contributed by atoms with E-state index in [0.29, 0.717) is 0 Å². The van der Waals surface area contributed by atoms with Crippen LogP contribution in [0.25, 0.3) is 11.0 Å². The summed E-state index contributed by atoms with van der Waals surface area (Å²) in [6.45, 7) is 7.62. The molecule has 0 N–H and O–H groups in total. The molecule has 0 aliphatic carbocycles. The van der Waals surface area contributed by atoms with Crippen LogP contribution in [0.3, 0.4) is 0 Å². The van der Waals surface area contributed by atoms with Crippen molar-refractivity contribution in [3.63, 3.8) is 0 Å². The lowest BCUT2D eigenvalue weighted by atomic mass is 10.2. The van der Waals surface area contributed by atoms with E-state index in [2.05, 4.69) is 18.1 Å². The molecule has 12 heavy (non-hydrogen) atoms. The molecule has 0 aliphatic heterocycles. The van der Waals surface area contributed by atoms with Gasteiger partial charge in [0.1, 0.15) is 0 Å². The van der Waals surface area contributed by atoms with Gasteiger partial charge in [-0.15, -0.1) is 11.8 Å². The first-order chi connectivity index (χ1) is 5.79. The second-order valence-corrected chi connectivity index (χ2v) is 3.17. The van der Waals surface area contributed by atoms with Gasteiger partial charge in [0.15, 0.2) is 0 Å². The van der Waals surface area contributed by atoms with Crippen molar-refractivity contribution in [2.75, 3.05) is 6.26 Å². The smallest absolute Gasteiger partial charge is 0.0707 e. The topological polar surface area (TPSA) is 12.9 Å². The van der Waals surface area contributed by atoms with Crippen molar-refractivity contribution in [1.82, 2.24) is 4.98 Å². The summed E-state index contributed by atoms with van der Waals surface area (Å²) in [5.41, 5.74) is 1.97. The zero-order valence-electron chi connectivity index (χ0n) is 7.08. The Hall–Kier alpha value is -1.02. The average molecular weight is 177 g/mol. The quantitative estimate of drug-likeness (QED) is 0.703. The number of aromatic nitrogens is 1. The second-order valence-electron chi connectivity index (χ2n) is 2.27. The van der Waals surface area contributed by atoms with E-state index >= 15 is 0 Å². The maximum Gasteiger partial charge on any atom is 0.0707 e. The molecule has 1 heterocycles. The van der Waals surface area contributed by atoms with Gasteiger partial charge in [0.05, 0.1) is 5.69 Å². The van der Waals surface area contributed by atoms with Gasteiger partial charge in [0.2, 0.25) is 0 Å². The maximum atomic E-state index is 4.17. The normalized spacial score (nSPS) is 9.42. The van der Waals surface area contributed by atoms with Crippen molar-refractivity contribution in [2.24, 2.45) is 0 Å². The minimum Gasteiger partial charge on any atom is -0.256 e. The summed E-state index contributed by atoms with van der Waals surface area (Å²) in [6, 6.07) is 3.91.